The van der Waals surface area contributed by atoms with Gasteiger partial charge in [0.05, 0.1) is 17.4 Å². The third kappa shape index (κ3) is 4.70. The van der Waals surface area contributed by atoms with Crippen molar-refractivity contribution in [3.05, 3.63) is 66.4 Å². The molecule has 0 amide bonds. The highest BCUT2D eigenvalue weighted by atomic mass is 32.2. The number of nitrogens with zero attached hydrogens (tertiary/aromatic N) is 1. The summed E-state index contributed by atoms with van der Waals surface area (Å²) in [7, 11) is -3.50. The largest absolute Gasteiger partial charge is 0.492 e. The van der Waals surface area contributed by atoms with Crippen LogP contribution >= 0.6 is 0 Å². The minimum Gasteiger partial charge on any atom is -0.492 e. The fourth-order valence-electron chi connectivity index (χ4n) is 2.45. The van der Waals surface area contributed by atoms with Gasteiger partial charge in [0.25, 0.3) is 0 Å². The number of fused-ring (bicyclic) bond motifs is 1. The Labute approximate surface area is 147 Å². The Morgan fingerprint density at radius 1 is 1.08 bits per heavy atom. The average Bonchev–Trinajstić information content (AvgIpc) is 2.61. The van der Waals surface area contributed by atoms with E-state index in [9.17, 15) is 8.42 Å². The zero-order valence-electron chi connectivity index (χ0n) is 14.0. The molecule has 0 aliphatic carbocycles. The zero-order valence-corrected chi connectivity index (χ0v) is 14.8. The van der Waals surface area contributed by atoms with Crippen molar-refractivity contribution in [3.63, 3.8) is 0 Å². The van der Waals surface area contributed by atoms with Crippen molar-refractivity contribution in [2.24, 2.45) is 0 Å². The maximum atomic E-state index is 12.2. The number of ether oxygens (including phenoxy) is 1. The number of aromatic nitrogens is 1. The Kier molecular flexibility index (Phi) is 5.19. The van der Waals surface area contributed by atoms with E-state index in [1.54, 1.807) is 6.07 Å². The third-order valence-electron chi connectivity index (χ3n) is 3.82. The fraction of sp³-hybridized carbons (Fsp3) is 0.211. The number of para-hydroxylation sites is 1. The lowest BCUT2D eigenvalue weighted by molar-refractivity contribution is 0.341. The highest BCUT2D eigenvalue weighted by Gasteiger charge is 2.11. The molecule has 6 heteroatoms. The molecule has 0 saturated heterocycles. The second kappa shape index (κ2) is 7.53. The highest BCUT2D eigenvalue weighted by Crippen LogP contribution is 2.17. The Hall–Kier alpha value is -2.60. The monoisotopic (exact) mass is 356 g/mol. The molecule has 1 heterocycles. The van der Waals surface area contributed by atoms with Gasteiger partial charge in [-0.25, -0.2) is 8.42 Å². The number of hydrogen-bond donors (Lipinski definition) is 1. The standard InChI is InChI=1S/C19H20N2O3S/c1-2-15-7-9-18(10-8-15)24-11-12-25(22,23)21-17-13-16-5-3-4-6-19(16)20-14-17/h3-10,13-14,21H,2,11-12H2,1H3. The summed E-state index contributed by atoms with van der Waals surface area (Å²) in [5.74, 6) is 0.537. The maximum absolute atomic E-state index is 12.2. The van der Waals surface area contributed by atoms with Gasteiger partial charge in [-0.1, -0.05) is 37.3 Å². The van der Waals surface area contributed by atoms with Crippen LogP contribution in [-0.4, -0.2) is 25.8 Å². The smallest absolute Gasteiger partial charge is 0.236 e. The van der Waals surface area contributed by atoms with Gasteiger partial charge < -0.3 is 4.74 Å². The topological polar surface area (TPSA) is 68.3 Å². The van der Waals surface area contributed by atoms with Gasteiger partial charge in [-0.15, -0.1) is 0 Å². The van der Waals surface area contributed by atoms with E-state index in [0.29, 0.717) is 11.4 Å². The molecule has 0 radical (unpaired) electrons. The summed E-state index contributed by atoms with van der Waals surface area (Å²) in [6.07, 6.45) is 2.47. The molecular weight excluding hydrogens is 336 g/mol. The molecule has 0 spiro atoms. The van der Waals surface area contributed by atoms with Gasteiger partial charge in [0.15, 0.2) is 0 Å². The van der Waals surface area contributed by atoms with Crippen LogP contribution in [0.3, 0.4) is 0 Å². The predicted octanol–water partition coefficient (Wildman–Crippen LogP) is 3.62. The van der Waals surface area contributed by atoms with E-state index in [2.05, 4.69) is 16.6 Å². The second-order valence-corrected chi connectivity index (χ2v) is 7.53. The summed E-state index contributed by atoms with van der Waals surface area (Å²) in [5.41, 5.74) is 2.49. The van der Waals surface area contributed by atoms with Crippen LogP contribution in [0, 0.1) is 0 Å². The molecule has 0 unspecified atom stereocenters. The molecule has 2 aromatic carbocycles. The van der Waals surface area contributed by atoms with Gasteiger partial charge in [0.2, 0.25) is 10.0 Å². The van der Waals surface area contributed by atoms with Gasteiger partial charge in [-0.2, -0.15) is 0 Å². The molecule has 0 aliphatic heterocycles. The van der Waals surface area contributed by atoms with Gasteiger partial charge in [0.1, 0.15) is 18.1 Å². The van der Waals surface area contributed by atoms with E-state index in [0.717, 1.165) is 17.3 Å². The maximum Gasteiger partial charge on any atom is 0.236 e. The molecule has 25 heavy (non-hydrogen) atoms. The van der Waals surface area contributed by atoms with Crippen molar-refractivity contribution in [2.45, 2.75) is 13.3 Å². The Balaban J connectivity index is 1.58. The summed E-state index contributed by atoms with van der Waals surface area (Å²) in [5, 5.41) is 0.884. The van der Waals surface area contributed by atoms with E-state index in [4.69, 9.17) is 4.74 Å². The van der Waals surface area contributed by atoms with Crippen molar-refractivity contribution >= 4 is 26.6 Å². The Morgan fingerprint density at radius 2 is 1.84 bits per heavy atom. The lowest BCUT2D eigenvalue weighted by atomic mass is 10.2. The first-order chi connectivity index (χ1) is 12.1. The molecular formula is C19H20N2O3S. The average molecular weight is 356 g/mol. The van der Waals surface area contributed by atoms with Gasteiger partial charge >= 0.3 is 0 Å². The Morgan fingerprint density at radius 3 is 2.60 bits per heavy atom. The van der Waals surface area contributed by atoms with Crippen LogP contribution in [0.1, 0.15) is 12.5 Å². The summed E-state index contributed by atoms with van der Waals surface area (Å²) in [4.78, 5) is 4.25. The quantitative estimate of drug-likeness (QED) is 0.702. The van der Waals surface area contributed by atoms with Gasteiger partial charge in [-0.05, 0) is 36.2 Å². The molecule has 0 aliphatic rings. The van der Waals surface area contributed by atoms with Crippen LogP contribution in [0.15, 0.2) is 60.8 Å². The lowest BCUT2D eigenvalue weighted by Crippen LogP contribution is -2.21. The summed E-state index contributed by atoms with van der Waals surface area (Å²) < 4.78 is 32.5. The first-order valence-corrected chi connectivity index (χ1v) is 9.78. The number of benzene rings is 2. The van der Waals surface area contributed by atoms with Crippen LogP contribution < -0.4 is 9.46 Å². The van der Waals surface area contributed by atoms with Crippen molar-refractivity contribution in [2.75, 3.05) is 17.1 Å². The van der Waals surface area contributed by atoms with Crippen LogP contribution in [0.2, 0.25) is 0 Å². The van der Waals surface area contributed by atoms with Crippen LogP contribution in [0.5, 0.6) is 5.75 Å². The molecule has 5 nitrogen and oxygen atoms in total. The number of aryl methyl sites for hydroxylation is 1. The van der Waals surface area contributed by atoms with Gasteiger partial charge in [-0.3, -0.25) is 9.71 Å². The van der Waals surface area contributed by atoms with Crippen molar-refractivity contribution in [1.82, 2.24) is 4.98 Å². The molecule has 0 atom stereocenters. The first-order valence-electron chi connectivity index (χ1n) is 8.13. The van der Waals surface area contributed by atoms with Crippen molar-refractivity contribution in [3.8, 4) is 5.75 Å². The summed E-state index contributed by atoms with van der Waals surface area (Å²) in [6, 6.07) is 17.0. The predicted molar refractivity (Wildman–Crippen MR) is 100 cm³/mol. The van der Waals surface area contributed by atoms with E-state index < -0.39 is 10.0 Å². The molecule has 3 rings (SSSR count). The molecule has 1 N–H and O–H groups in total. The van der Waals surface area contributed by atoms with Crippen molar-refractivity contribution < 1.29 is 13.2 Å². The summed E-state index contributed by atoms with van der Waals surface area (Å²) in [6.45, 7) is 2.16. The highest BCUT2D eigenvalue weighted by molar-refractivity contribution is 7.92. The van der Waals surface area contributed by atoms with E-state index >= 15 is 0 Å². The number of rotatable bonds is 7. The van der Waals surface area contributed by atoms with E-state index in [1.165, 1.54) is 11.8 Å². The number of hydrogen-bond acceptors (Lipinski definition) is 4. The Bertz CT molecular complexity index is 954. The number of anilines is 1. The van der Waals surface area contributed by atoms with Crippen LogP contribution in [0.25, 0.3) is 10.9 Å². The molecule has 1 aromatic heterocycles. The minimum absolute atomic E-state index is 0.0851. The van der Waals surface area contributed by atoms with E-state index in [-0.39, 0.29) is 12.4 Å². The minimum atomic E-state index is -3.50. The number of pyridine rings is 1. The number of sulfonamides is 1. The lowest BCUT2D eigenvalue weighted by Gasteiger charge is -2.10. The third-order valence-corrected chi connectivity index (χ3v) is 5.07. The number of nitrogens with one attached hydrogen (secondary N) is 1. The van der Waals surface area contributed by atoms with E-state index in [1.807, 2.05) is 48.5 Å². The summed E-state index contributed by atoms with van der Waals surface area (Å²) >= 11 is 0. The molecule has 3 aromatic rings. The van der Waals surface area contributed by atoms with Crippen LogP contribution in [-0.2, 0) is 16.4 Å². The van der Waals surface area contributed by atoms with Crippen molar-refractivity contribution in [1.29, 1.82) is 0 Å². The second-order valence-electron chi connectivity index (χ2n) is 5.68. The van der Waals surface area contributed by atoms with Gasteiger partial charge in [0, 0.05) is 5.39 Å². The molecule has 0 fully saturated rings. The first kappa shape index (κ1) is 17.2. The molecule has 0 saturated carbocycles. The zero-order chi connectivity index (χ0) is 17.7. The normalized spacial score (nSPS) is 11.4. The molecule has 0 bridgehead atoms. The van der Waals surface area contributed by atoms with Crippen LogP contribution in [0.4, 0.5) is 5.69 Å². The SMILES string of the molecule is CCc1ccc(OCCS(=O)(=O)Nc2cnc3ccccc3c2)cc1. The molecule has 130 valence electrons. The fourth-order valence-corrected chi connectivity index (χ4v) is 3.32.